The van der Waals surface area contributed by atoms with Crippen molar-refractivity contribution >= 4 is 11.9 Å². The van der Waals surface area contributed by atoms with Gasteiger partial charge in [-0.05, 0) is 13.3 Å². The highest BCUT2D eigenvalue weighted by Gasteiger charge is 2.30. The van der Waals surface area contributed by atoms with Gasteiger partial charge in [-0.25, -0.2) is 4.79 Å². The Hall–Kier alpha value is -1.32. The third kappa shape index (κ3) is 2.58. The predicted molar refractivity (Wildman–Crippen MR) is 55.9 cm³/mol. The number of ether oxygens (including phenoxy) is 1. The molecular formula is C11H17NO3. The summed E-state index contributed by atoms with van der Waals surface area (Å²) in [5.41, 5.74) is 1.26. The molecule has 0 aromatic rings. The zero-order valence-corrected chi connectivity index (χ0v) is 9.42. The molecule has 0 aliphatic carbocycles. The second-order valence-electron chi connectivity index (χ2n) is 3.77. The molecule has 0 saturated heterocycles. The summed E-state index contributed by atoms with van der Waals surface area (Å²) in [5, 5.41) is 2.67. The second-order valence-corrected chi connectivity index (χ2v) is 3.77. The first-order valence-electron chi connectivity index (χ1n) is 5.19. The maximum absolute atomic E-state index is 11.5. The molecule has 1 amide bonds. The van der Waals surface area contributed by atoms with Crippen molar-refractivity contribution in [3.05, 3.63) is 11.3 Å². The summed E-state index contributed by atoms with van der Waals surface area (Å²) in [6, 6.07) is 0. The molecule has 0 radical (unpaired) electrons. The number of esters is 1. The minimum atomic E-state index is -0.328. The summed E-state index contributed by atoms with van der Waals surface area (Å²) in [6.45, 7) is 3.78. The highest BCUT2D eigenvalue weighted by Crippen LogP contribution is 2.27. The summed E-state index contributed by atoms with van der Waals surface area (Å²) in [6.07, 6.45) is 2.18. The van der Waals surface area contributed by atoms with Gasteiger partial charge >= 0.3 is 5.97 Å². The number of hydrogen-bond donors (Lipinski definition) is 1. The van der Waals surface area contributed by atoms with Gasteiger partial charge in [-0.15, -0.1) is 0 Å². The molecule has 15 heavy (non-hydrogen) atoms. The standard InChI is InChI=1S/C11H17NO3/c1-4-5-8-6-9(13)12-7(2)10(8)11(14)15-3/h8H,4-6H2,1-3H3,(H,12,13). The first kappa shape index (κ1) is 11.8. The van der Waals surface area contributed by atoms with Crippen molar-refractivity contribution in [2.75, 3.05) is 7.11 Å². The molecule has 1 aliphatic rings. The Morgan fingerprint density at radius 2 is 2.27 bits per heavy atom. The Morgan fingerprint density at radius 1 is 1.60 bits per heavy atom. The maximum Gasteiger partial charge on any atom is 0.335 e. The van der Waals surface area contributed by atoms with E-state index in [1.807, 2.05) is 6.92 Å². The smallest absolute Gasteiger partial charge is 0.335 e. The van der Waals surface area contributed by atoms with Crippen LogP contribution in [0.2, 0.25) is 0 Å². The third-order valence-electron chi connectivity index (χ3n) is 2.61. The van der Waals surface area contributed by atoms with Crippen LogP contribution in [0.1, 0.15) is 33.1 Å². The van der Waals surface area contributed by atoms with Crippen LogP contribution in [-0.2, 0) is 14.3 Å². The van der Waals surface area contributed by atoms with Gasteiger partial charge in [-0.3, -0.25) is 4.79 Å². The van der Waals surface area contributed by atoms with Crippen molar-refractivity contribution in [2.45, 2.75) is 33.1 Å². The molecule has 0 aromatic carbocycles. The van der Waals surface area contributed by atoms with Crippen LogP contribution < -0.4 is 5.32 Å². The van der Waals surface area contributed by atoms with Crippen LogP contribution in [0.15, 0.2) is 11.3 Å². The first-order chi connectivity index (χ1) is 7.10. The van der Waals surface area contributed by atoms with E-state index in [2.05, 4.69) is 5.32 Å². The van der Waals surface area contributed by atoms with E-state index >= 15 is 0 Å². The minimum absolute atomic E-state index is 0.0104. The molecule has 84 valence electrons. The average molecular weight is 211 g/mol. The largest absolute Gasteiger partial charge is 0.466 e. The Labute approximate surface area is 89.7 Å². The molecule has 0 spiro atoms. The molecule has 1 N–H and O–H groups in total. The molecule has 1 rings (SSSR count). The van der Waals surface area contributed by atoms with Gasteiger partial charge in [0.1, 0.15) is 0 Å². The van der Waals surface area contributed by atoms with E-state index in [0.29, 0.717) is 17.7 Å². The molecule has 0 aromatic heterocycles. The second kappa shape index (κ2) is 4.96. The van der Waals surface area contributed by atoms with Gasteiger partial charge in [-0.2, -0.15) is 0 Å². The van der Waals surface area contributed by atoms with Crippen LogP contribution in [0.25, 0.3) is 0 Å². The van der Waals surface area contributed by atoms with Crippen LogP contribution >= 0.6 is 0 Å². The van der Waals surface area contributed by atoms with Gasteiger partial charge in [0.15, 0.2) is 0 Å². The van der Waals surface area contributed by atoms with E-state index in [4.69, 9.17) is 4.74 Å². The normalized spacial score (nSPS) is 21.3. The molecule has 0 bridgehead atoms. The lowest BCUT2D eigenvalue weighted by Gasteiger charge is -2.25. The van der Waals surface area contributed by atoms with E-state index in [9.17, 15) is 9.59 Å². The summed E-state index contributed by atoms with van der Waals surface area (Å²) in [7, 11) is 1.36. The minimum Gasteiger partial charge on any atom is -0.466 e. The molecule has 4 nitrogen and oxygen atoms in total. The van der Waals surface area contributed by atoms with Crippen LogP contribution in [0.5, 0.6) is 0 Å². The van der Waals surface area contributed by atoms with Crippen molar-refractivity contribution in [1.29, 1.82) is 0 Å². The van der Waals surface area contributed by atoms with Crippen molar-refractivity contribution in [1.82, 2.24) is 5.32 Å². The van der Waals surface area contributed by atoms with Gasteiger partial charge in [0, 0.05) is 18.0 Å². The van der Waals surface area contributed by atoms with Gasteiger partial charge in [0.2, 0.25) is 5.91 Å². The third-order valence-corrected chi connectivity index (χ3v) is 2.61. The predicted octanol–water partition coefficient (Wildman–Crippen LogP) is 1.37. The van der Waals surface area contributed by atoms with E-state index in [1.165, 1.54) is 7.11 Å². The van der Waals surface area contributed by atoms with Gasteiger partial charge in [0.25, 0.3) is 0 Å². The number of carbonyl (C=O) groups excluding carboxylic acids is 2. The van der Waals surface area contributed by atoms with Gasteiger partial charge < -0.3 is 10.1 Å². The number of amides is 1. The number of rotatable bonds is 3. The van der Waals surface area contributed by atoms with E-state index in [1.54, 1.807) is 6.92 Å². The molecule has 0 fully saturated rings. The Balaban J connectivity index is 2.97. The lowest BCUT2D eigenvalue weighted by molar-refractivity contribution is -0.137. The quantitative estimate of drug-likeness (QED) is 0.717. The molecule has 4 heteroatoms. The topological polar surface area (TPSA) is 55.4 Å². The summed E-state index contributed by atoms with van der Waals surface area (Å²) in [5.74, 6) is -0.333. The van der Waals surface area contributed by atoms with Crippen LogP contribution in [0, 0.1) is 5.92 Å². The monoisotopic (exact) mass is 211 g/mol. The fraction of sp³-hybridized carbons (Fsp3) is 0.636. The van der Waals surface area contributed by atoms with E-state index in [-0.39, 0.29) is 17.8 Å². The Kier molecular flexibility index (Phi) is 3.88. The van der Waals surface area contributed by atoms with Gasteiger partial charge in [-0.1, -0.05) is 13.3 Å². The molecule has 1 atom stereocenters. The summed E-state index contributed by atoms with van der Waals surface area (Å²) < 4.78 is 4.72. The highest BCUT2D eigenvalue weighted by molar-refractivity contribution is 5.94. The Bertz CT molecular complexity index is 307. The lowest BCUT2D eigenvalue weighted by atomic mass is 9.87. The average Bonchev–Trinajstić information content (AvgIpc) is 2.16. The SMILES string of the molecule is CCCC1CC(=O)NC(C)=C1C(=O)OC. The molecule has 1 heterocycles. The number of methoxy groups -OCH3 is 1. The fourth-order valence-electron chi connectivity index (χ4n) is 1.98. The van der Waals surface area contributed by atoms with Crippen molar-refractivity contribution in [3.8, 4) is 0 Å². The van der Waals surface area contributed by atoms with Crippen LogP contribution in [0.4, 0.5) is 0 Å². The van der Waals surface area contributed by atoms with Gasteiger partial charge in [0.05, 0.1) is 12.7 Å². The van der Waals surface area contributed by atoms with Crippen LogP contribution in [0.3, 0.4) is 0 Å². The molecule has 1 aliphatic heterocycles. The number of allylic oxidation sites excluding steroid dienone is 1. The summed E-state index contributed by atoms with van der Waals surface area (Å²) in [4.78, 5) is 22.9. The first-order valence-corrected chi connectivity index (χ1v) is 5.19. The summed E-state index contributed by atoms with van der Waals surface area (Å²) >= 11 is 0. The molecule has 1 unspecified atom stereocenters. The zero-order chi connectivity index (χ0) is 11.4. The lowest BCUT2D eigenvalue weighted by Crippen LogP contribution is -2.34. The number of nitrogens with one attached hydrogen (secondary N) is 1. The maximum atomic E-state index is 11.5. The van der Waals surface area contributed by atoms with Crippen LogP contribution in [-0.4, -0.2) is 19.0 Å². The molecule has 0 saturated carbocycles. The van der Waals surface area contributed by atoms with E-state index in [0.717, 1.165) is 12.8 Å². The fourth-order valence-corrected chi connectivity index (χ4v) is 1.98. The van der Waals surface area contributed by atoms with Crippen molar-refractivity contribution in [2.24, 2.45) is 5.92 Å². The zero-order valence-electron chi connectivity index (χ0n) is 9.42. The number of carbonyl (C=O) groups is 2. The highest BCUT2D eigenvalue weighted by atomic mass is 16.5. The molecular weight excluding hydrogens is 194 g/mol. The Morgan fingerprint density at radius 3 is 2.80 bits per heavy atom. The van der Waals surface area contributed by atoms with E-state index < -0.39 is 0 Å². The van der Waals surface area contributed by atoms with Crippen molar-refractivity contribution < 1.29 is 14.3 Å². The van der Waals surface area contributed by atoms with Crippen molar-refractivity contribution in [3.63, 3.8) is 0 Å². The number of hydrogen-bond acceptors (Lipinski definition) is 3.